The number of benzene rings is 1. The van der Waals surface area contributed by atoms with Crippen LogP contribution in [0.1, 0.15) is 25.6 Å². The second-order valence-electron chi connectivity index (χ2n) is 7.36. The molecule has 182 valence electrons. The zero-order valence-electron chi connectivity index (χ0n) is 18.9. The van der Waals surface area contributed by atoms with Crippen LogP contribution < -0.4 is 10.5 Å². The van der Waals surface area contributed by atoms with Gasteiger partial charge in [0, 0.05) is 31.5 Å². The molecule has 0 radical (unpaired) electrons. The Labute approximate surface area is 192 Å². The summed E-state index contributed by atoms with van der Waals surface area (Å²) in [5.74, 6) is 1.69. The van der Waals surface area contributed by atoms with Gasteiger partial charge in [-0.15, -0.1) is 0 Å². The van der Waals surface area contributed by atoms with E-state index in [0.29, 0.717) is 29.1 Å². The van der Waals surface area contributed by atoms with E-state index in [2.05, 4.69) is 11.9 Å². The van der Waals surface area contributed by atoms with Gasteiger partial charge >= 0.3 is 7.82 Å². The second-order valence-corrected chi connectivity index (χ2v) is 8.81. The number of anilines is 1. The van der Waals surface area contributed by atoms with Crippen molar-refractivity contribution in [2.45, 2.75) is 32.7 Å². The van der Waals surface area contributed by atoms with Crippen molar-refractivity contribution in [1.29, 1.82) is 0 Å². The van der Waals surface area contributed by atoms with Gasteiger partial charge in [0.2, 0.25) is 0 Å². The average Bonchev–Trinajstić information content (AvgIpc) is 3.15. The van der Waals surface area contributed by atoms with Crippen molar-refractivity contribution in [2.75, 3.05) is 45.9 Å². The largest absolute Gasteiger partial charge is 0.491 e. The van der Waals surface area contributed by atoms with E-state index in [0.717, 1.165) is 36.0 Å². The van der Waals surface area contributed by atoms with Gasteiger partial charge in [0.05, 0.1) is 37.5 Å². The van der Waals surface area contributed by atoms with Crippen LogP contribution in [0.4, 0.5) is 5.82 Å². The first-order valence-electron chi connectivity index (χ1n) is 10.8. The number of aliphatic hydroxyl groups excluding tert-OH is 1. The van der Waals surface area contributed by atoms with Crippen LogP contribution in [0, 0.1) is 0 Å². The molecule has 0 fully saturated rings. The molecule has 0 aliphatic heterocycles. The molecule has 2 heterocycles. The standard InChI is InChI=1S/C21H31N4O7P/c1-3-4-5-18-24-19-20(25(18)8-9-26)16-7-6-15(14-17(16)23-21(19)22)30-11-13-32-33(27,28)31-12-10-29-2/h6-7,14,26H,3-5,8-13H2,1-2H3,(H2,22,23)(H,27,28). The van der Waals surface area contributed by atoms with Crippen LogP contribution in [0.5, 0.6) is 5.75 Å². The van der Waals surface area contributed by atoms with Gasteiger partial charge < -0.3 is 29.8 Å². The Kier molecular flexibility index (Phi) is 9.02. The molecule has 0 saturated heterocycles. The van der Waals surface area contributed by atoms with Gasteiger partial charge in [-0.1, -0.05) is 13.3 Å². The molecular formula is C21H31N4O7P. The van der Waals surface area contributed by atoms with Crippen molar-refractivity contribution in [3.8, 4) is 5.75 Å². The first-order chi connectivity index (χ1) is 15.9. The fourth-order valence-electron chi connectivity index (χ4n) is 3.48. The van der Waals surface area contributed by atoms with Crippen molar-refractivity contribution >= 4 is 35.6 Å². The van der Waals surface area contributed by atoms with Gasteiger partial charge in [-0.3, -0.25) is 9.05 Å². The molecule has 0 aliphatic rings. The van der Waals surface area contributed by atoms with Crippen LogP contribution in [-0.2, 0) is 31.3 Å². The summed E-state index contributed by atoms with van der Waals surface area (Å²) in [5.41, 5.74) is 8.28. The summed E-state index contributed by atoms with van der Waals surface area (Å²) < 4.78 is 33.8. The zero-order valence-corrected chi connectivity index (χ0v) is 19.8. The van der Waals surface area contributed by atoms with Gasteiger partial charge in [0.1, 0.15) is 23.7 Å². The molecule has 0 aliphatic carbocycles. The number of aromatic nitrogens is 3. The van der Waals surface area contributed by atoms with Crippen LogP contribution >= 0.6 is 7.82 Å². The number of nitrogens with zero attached hydrogens (tertiary/aromatic N) is 3. The molecule has 0 saturated carbocycles. The van der Waals surface area contributed by atoms with E-state index < -0.39 is 7.82 Å². The number of aliphatic hydroxyl groups is 1. The monoisotopic (exact) mass is 482 g/mol. The van der Waals surface area contributed by atoms with E-state index in [-0.39, 0.29) is 33.0 Å². The Balaban J connectivity index is 1.77. The van der Waals surface area contributed by atoms with Crippen LogP contribution in [0.15, 0.2) is 18.2 Å². The molecule has 0 bridgehead atoms. The number of pyridine rings is 1. The highest BCUT2D eigenvalue weighted by atomic mass is 31.2. The van der Waals surface area contributed by atoms with Gasteiger partial charge in [0.25, 0.3) is 0 Å². The van der Waals surface area contributed by atoms with E-state index in [9.17, 15) is 14.6 Å². The number of hydrogen-bond donors (Lipinski definition) is 3. The summed E-state index contributed by atoms with van der Waals surface area (Å²) in [5, 5.41) is 10.4. The number of unbranched alkanes of at least 4 members (excludes halogenated alkanes) is 1. The number of nitrogen functional groups attached to an aromatic ring is 1. The Morgan fingerprint density at radius 1 is 1.15 bits per heavy atom. The van der Waals surface area contributed by atoms with Crippen molar-refractivity contribution in [2.24, 2.45) is 0 Å². The number of ether oxygens (including phenoxy) is 2. The Hall–Kier alpha value is -2.27. The predicted molar refractivity (Wildman–Crippen MR) is 124 cm³/mol. The Morgan fingerprint density at radius 2 is 1.91 bits per heavy atom. The predicted octanol–water partition coefficient (Wildman–Crippen LogP) is 2.66. The zero-order chi connectivity index (χ0) is 23.8. The maximum Gasteiger partial charge on any atom is 0.472 e. The lowest BCUT2D eigenvalue weighted by atomic mass is 10.1. The van der Waals surface area contributed by atoms with Gasteiger partial charge in [-0.2, -0.15) is 0 Å². The number of methoxy groups -OCH3 is 1. The van der Waals surface area contributed by atoms with E-state index in [1.54, 1.807) is 12.1 Å². The van der Waals surface area contributed by atoms with Crippen molar-refractivity contribution < 1.29 is 33.1 Å². The molecule has 1 unspecified atom stereocenters. The van der Waals surface area contributed by atoms with Gasteiger partial charge in [-0.25, -0.2) is 14.5 Å². The molecule has 3 rings (SSSR count). The molecule has 0 spiro atoms. The Morgan fingerprint density at radius 3 is 2.61 bits per heavy atom. The number of rotatable bonds is 14. The number of nitrogens with two attached hydrogens (primary N) is 1. The van der Waals surface area contributed by atoms with Gasteiger partial charge in [-0.05, 0) is 18.6 Å². The lowest BCUT2D eigenvalue weighted by Crippen LogP contribution is -2.08. The summed E-state index contributed by atoms with van der Waals surface area (Å²) >= 11 is 0. The van der Waals surface area contributed by atoms with E-state index in [1.807, 2.05) is 10.6 Å². The summed E-state index contributed by atoms with van der Waals surface area (Å²) in [6.07, 6.45) is 2.81. The molecule has 4 N–H and O–H groups in total. The molecule has 1 atom stereocenters. The highest BCUT2D eigenvalue weighted by molar-refractivity contribution is 7.47. The summed E-state index contributed by atoms with van der Waals surface area (Å²) in [6, 6.07) is 5.38. The van der Waals surface area contributed by atoms with Crippen LogP contribution in [0.25, 0.3) is 21.9 Å². The molecule has 11 nitrogen and oxygen atoms in total. The quantitative estimate of drug-likeness (QED) is 0.231. The molecule has 1 aromatic carbocycles. The number of fused-ring (bicyclic) bond motifs is 3. The minimum Gasteiger partial charge on any atom is -0.491 e. The number of aryl methyl sites for hydroxylation is 1. The van der Waals surface area contributed by atoms with Gasteiger partial charge in [0.15, 0.2) is 5.82 Å². The minimum absolute atomic E-state index is 0.0145. The first kappa shape index (κ1) is 25.4. The summed E-state index contributed by atoms with van der Waals surface area (Å²) in [7, 11) is -2.69. The van der Waals surface area contributed by atoms with Crippen molar-refractivity contribution in [3.63, 3.8) is 0 Å². The lowest BCUT2D eigenvalue weighted by molar-refractivity contribution is 0.0952. The highest BCUT2D eigenvalue weighted by Gasteiger charge is 2.21. The normalized spacial score (nSPS) is 13.6. The highest BCUT2D eigenvalue weighted by Crippen LogP contribution is 2.42. The Bertz CT molecular complexity index is 1120. The van der Waals surface area contributed by atoms with Crippen LogP contribution in [0.3, 0.4) is 0 Å². The fourth-order valence-corrected chi connectivity index (χ4v) is 4.16. The van der Waals surface area contributed by atoms with E-state index in [1.165, 1.54) is 7.11 Å². The third-order valence-electron chi connectivity index (χ3n) is 4.98. The second kappa shape index (κ2) is 11.7. The minimum atomic E-state index is -4.15. The molecule has 2 aromatic heterocycles. The first-order valence-corrected chi connectivity index (χ1v) is 12.3. The molecule has 12 heteroatoms. The maximum absolute atomic E-state index is 11.7. The lowest BCUT2D eigenvalue weighted by Gasteiger charge is -2.13. The number of hydrogen-bond acceptors (Lipinski definition) is 9. The number of phosphoric acid groups is 1. The molecule has 33 heavy (non-hydrogen) atoms. The van der Waals surface area contributed by atoms with Crippen LogP contribution in [-0.4, -0.2) is 64.7 Å². The average molecular weight is 482 g/mol. The smallest absolute Gasteiger partial charge is 0.472 e. The SMILES string of the molecule is CCCCc1nc2c(N)nc3cc(OCCOP(=O)(O)OCCOC)ccc3c2n1CCO. The molecular weight excluding hydrogens is 451 g/mol. The maximum atomic E-state index is 11.7. The summed E-state index contributed by atoms with van der Waals surface area (Å²) in [4.78, 5) is 18.8. The number of phosphoric ester groups is 1. The van der Waals surface area contributed by atoms with Crippen LogP contribution in [0.2, 0.25) is 0 Å². The molecule has 0 amide bonds. The fraction of sp³-hybridized carbons (Fsp3) is 0.524. The van der Waals surface area contributed by atoms with Crippen molar-refractivity contribution in [1.82, 2.24) is 14.5 Å². The van der Waals surface area contributed by atoms with E-state index >= 15 is 0 Å². The third-order valence-corrected chi connectivity index (χ3v) is 6.00. The van der Waals surface area contributed by atoms with Crippen molar-refractivity contribution in [3.05, 3.63) is 24.0 Å². The third kappa shape index (κ3) is 6.41. The topological polar surface area (TPSA) is 151 Å². The molecule has 3 aromatic rings. The number of imidazole rings is 1. The summed E-state index contributed by atoms with van der Waals surface area (Å²) in [6.45, 7) is 2.54. The van der Waals surface area contributed by atoms with E-state index in [4.69, 9.17) is 29.2 Å².